The summed E-state index contributed by atoms with van der Waals surface area (Å²) in [5.41, 5.74) is 11.2. The fraction of sp³-hybridized carbons (Fsp3) is 0.667. The summed E-state index contributed by atoms with van der Waals surface area (Å²) in [7, 11) is 0. The minimum absolute atomic E-state index is 0.0667. The van der Waals surface area contributed by atoms with Gasteiger partial charge in [0.1, 0.15) is 0 Å². The van der Waals surface area contributed by atoms with Gasteiger partial charge < -0.3 is 5.73 Å². The van der Waals surface area contributed by atoms with Gasteiger partial charge in [-0.2, -0.15) is 0 Å². The van der Waals surface area contributed by atoms with Crippen LogP contribution >= 0.6 is 0 Å². The van der Waals surface area contributed by atoms with Gasteiger partial charge in [0.15, 0.2) is 0 Å². The van der Waals surface area contributed by atoms with Gasteiger partial charge in [0.25, 0.3) is 0 Å². The third kappa shape index (κ3) is 2.72. The Morgan fingerprint density at radius 3 is 2.05 bits per heavy atom. The molecule has 0 aliphatic heterocycles. The van der Waals surface area contributed by atoms with E-state index in [0.29, 0.717) is 5.41 Å². The molecule has 1 aromatic carbocycles. The Kier molecular flexibility index (Phi) is 4.06. The Morgan fingerprint density at radius 1 is 1.00 bits per heavy atom. The van der Waals surface area contributed by atoms with Crippen LogP contribution in [0.1, 0.15) is 69.1 Å². The molecule has 19 heavy (non-hydrogen) atoms. The van der Waals surface area contributed by atoms with Gasteiger partial charge in [-0.15, -0.1) is 0 Å². The molecule has 1 nitrogen and oxygen atoms in total. The summed E-state index contributed by atoms with van der Waals surface area (Å²) in [6.45, 7) is 8.95. The Bertz CT molecular complexity index is 433. The lowest BCUT2D eigenvalue weighted by molar-refractivity contribution is 0.00619. The maximum atomic E-state index is 6.68. The standard InChI is InChI=1S/C18H29N/c1-5-9-17(10-6-2)12-18(19,13-17)16-8-7-14(3)15(4)11-16/h7-8,11H,5-6,9-10,12-13,19H2,1-4H3. The molecule has 1 heteroatoms. The third-order valence-corrected chi connectivity index (χ3v) is 5.02. The van der Waals surface area contributed by atoms with Crippen molar-refractivity contribution in [2.45, 2.75) is 71.8 Å². The second kappa shape index (κ2) is 5.28. The van der Waals surface area contributed by atoms with E-state index in [1.807, 2.05) is 0 Å². The molecule has 1 aliphatic rings. The molecule has 0 radical (unpaired) electrons. The highest BCUT2D eigenvalue weighted by molar-refractivity contribution is 5.36. The monoisotopic (exact) mass is 259 g/mol. The van der Waals surface area contributed by atoms with Crippen LogP contribution in [0.25, 0.3) is 0 Å². The maximum Gasteiger partial charge on any atom is 0.0420 e. The SMILES string of the molecule is CCCC1(CCC)CC(N)(c2ccc(C)c(C)c2)C1. The van der Waals surface area contributed by atoms with E-state index in [-0.39, 0.29) is 5.54 Å². The first kappa shape index (κ1) is 14.6. The van der Waals surface area contributed by atoms with Crippen molar-refractivity contribution in [2.75, 3.05) is 0 Å². The Hall–Kier alpha value is -0.820. The molecule has 0 saturated heterocycles. The molecular weight excluding hydrogens is 230 g/mol. The summed E-state index contributed by atoms with van der Waals surface area (Å²) >= 11 is 0. The fourth-order valence-corrected chi connectivity index (χ4v) is 4.08. The van der Waals surface area contributed by atoms with Gasteiger partial charge in [0.2, 0.25) is 0 Å². The largest absolute Gasteiger partial charge is 0.321 e. The lowest BCUT2D eigenvalue weighted by atomic mass is 9.52. The average Bonchev–Trinajstić information content (AvgIpc) is 2.31. The molecule has 2 rings (SSSR count). The minimum atomic E-state index is -0.0667. The van der Waals surface area contributed by atoms with Gasteiger partial charge in [-0.05, 0) is 61.6 Å². The number of aryl methyl sites for hydroxylation is 2. The Balaban J connectivity index is 2.16. The lowest BCUT2D eigenvalue weighted by Gasteiger charge is -2.55. The van der Waals surface area contributed by atoms with Gasteiger partial charge in [0.05, 0.1) is 0 Å². The van der Waals surface area contributed by atoms with Gasteiger partial charge in [-0.25, -0.2) is 0 Å². The first-order valence-corrected chi connectivity index (χ1v) is 7.81. The normalized spacial score (nSPS) is 20.1. The molecule has 0 aromatic heterocycles. The van der Waals surface area contributed by atoms with Crippen molar-refractivity contribution in [2.24, 2.45) is 11.1 Å². The summed E-state index contributed by atoms with van der Waals surface area (Å²) in [6, 6.07) is 6.76. The van der Waals surface area contributed by atoms with Crippen LogP contribution in [0.5, 0.6) is 0 Å². The quantitative estimate of drug-likeness (QED) is 0.804. The molecule has 0 unspecified atom stereocenters. The number of hydrogen-bond acceptors (Lipinski definition) is 1. The molecule has 1 aliphatic carbocycles. The van der Waals surface area contributed by atoms with Crippen molar-refractivity contribution in [3.05, 3.63) is 34.9 Å². The van der Waals surface area contributed by atoms with Crippen molar-refractivity contribution >= 4 is 0 Å². The average molecular weight is 259 g/mol. The Labute approximate surface area is 118 Å². The second-order valence-corrected chi connectivity index (χ2v) is 6.81. The van der Waals surface area contributed by atoms with Crippen molar-refractivity contribution < 1.29 is 0 Å². The summed E-state index contributed by atoms with van der Waals surface area (Å²) in [5.74, 6) is 0. The zero-order chi connectivity index (χ0) is 14.1. The van der Waals surface area contributed by atoms with Gasteiger partial charge >= 0.3 is 0 Å². The van der Waals surface area contributed by atoms with Crippen molar-refractivity contribution in [1.82, 2.24) is 0 Å². The maximum absolute atomic E-state index is 6.68. The van der Waals surface area contributed by atoms with E-state index in [1.165, 1.54) is 55.2 Å². The summed E-state index contributed by atoms with van der Waals surface area (Å²) in [6.07, 6.45) is 7.58. The van der Waals surface area contributed by atoms with Crippen LogP contribution in [-0.2, 0) is 5.54 Å². The first-order valence-electron chi connectivity index (χ1n) is 7.81. The zero-order valence-corrected chi connectivity index (χ0v) is 13.1. The summed E-state index contributed by atoms with van der Waals surface area (Å²) in [4.78, 5) is 0. The molecule has 1 saturated carbocycles. The molecule has 0 amide bonds. The smallest absolute Gasteiger partial charge is 0.0420 e. The minimum Gasteiger partial charge on any atom is -0.321 e. The van der Waals surface area contributed by atoms with Crippen LogP contribution < -0.4 is 5.73 Å². The van der Waals surface area contributed by atoms with E-state index in [9.17, 15) is 0 Å². The molecule has 0 heterocycles. The highest BCUT2D eigenvalue weighted by Crippen LogP contribution is 2.57. The topological polar surface area (TPSA) is 26.0 Å². The lowest BCUT2D eigenvalue weighted by Crippen LogP contribution is -2.55. The molecule has 0 spiro atoms. The third-order valence-electron chi connectivity index (χ3n) is 5.02. The summed E-state index contributed by atoms with van der Waals surface area (Å²) < 4.78 is 0. The molecule has 106 valence electrons. The van der Waals surface area contributed by atoms with Crippen LogP contribution in [0.2, 0.25) is 0 Å². The van der Waals surface area contributed by atoms with Gasteiger partial charge in [-0.1, -0.05) is 44.9 Å². The highest BCUT2D eigenvalue weighted by Gasteiger charge is 2.51. The van der Waals surface area contributed by atoms with E-state index in [1.54, 1.807) is 0 Å². The van der Waals surface area contributed by atoms with Gasteiger partial charge in [0, 0.05) is 5.54 Å². The van der Waals surface area contributed by atoms with E-state index in [0.717, 1.165) is 0 Å². The predicted octanol–water partition coefficient (Wildman–Crippen LogP) is 4.84. The van der Waals surface area contributed by atoms with Crippen LogP contribution in [0.4, 0.5) is 0 Å². The number of benzene rings is 1. The van der Waals surface area contributed by atoms with Crippen molar-refractivity contribution in [3.8, 4) is 0 Å². The number of hydrogen-bond donors (Lipinski definition) is 1. The molecule has 1 fully saturated rings. The van der Waals surface area contributed by atoms with E-state index in [2.05, 4.69) is 45.9 Å². The first-order chi connectivity index (χ1) is 8.95. The van der Waals surface area contributed by atoms with Crippen LogP contribution in [0.15, 0.2) is 18.2 Å². The molecule has 2 N–H and O–H groups in total. The van der Waals surface area contributed by atoms with Crippen molar-refractivity contribution in [3.63, 3.8) is 0 Å². The van der Waals surface area contributed by atoms with Crippen molar-refractivity contribution in [1.29, 1.82) is 0 Å². The molecule has 0 atom stereocenters. The number of rotatable bonds is 5. The zero-order valence-electron chi connectivity index (χ0n) is 13.1. The van der Waals surface area contributed by atoms with E-state index < -0.39 is 0 Å². The van der Waals surface area contributed by atoms with Crippen LogP contribution in [0.3, 0.4) is 0 Å². The summed E-state index contributed by atoms with van der Waals surface area (Å²) in [5, 5.41) is 0. The van der Waals surface area contributed by atoms with E-state index >= 15 is 0 Å². The highest BCUT2D eigenvalue weighted by atomic mass is 14.8. The molecular formula is C18H29N. The fourth-order valence-electron chi connectivity index (χ4n) is 4.08. The predicted molar refractivity (Wildman–Crippen MR) is 83.3 cm³/mol. The number of nitrogens with two attached hydrogens (primary N) is 1. The molecule has 0 bridgehead atoms. The van der Waals surface area contributed by atoms with Crippen LogP contribution in [0, 0.1) is 19.3 Å². The Morgan fingerprint density at radius 2 is 1.58 bits per heavy atom. The van der Waals surface area contributed by atoms with Gasteiger partial charge in [-0.3, -0.25) is 0 Å². The van der Waals surface area contributed by atoms with Crippen LogP contribution in [-0.4, -0.2) is 0 Å². The molecule has 1 aromatic rings. The van der Waals surface area contributed by atoms with E-state index in [4.69, 9.17) is 5.73 Å². The second-order valence-electron chi connectivity index (χ2n) is 6.81.